The standard InChI is InChI=1S/C27H24ClN5O/c28-21-14-12-19(13-15-21)27-20(18-33(32-27)22-7-2-1-3-8-22)17-26(34)29-16-6-11-25-30-23-9-4-5-10-24(23)31-25/h1-5,7-10,12-15,18H,6,11,16-17H2,(H,29,34)(H,30,31). The van der Waals surface area contributed by atoms with Crippen LogP contribution in [-0.4, -0.2) is 32.2 Å². The number of imidazole rings is 1. The van der Waals surface area contributed by atoms with E-state index >= 15 is 0 Å². The molecule has 0 unspecified atom stereocenters. The van der Waals surface area contributed by atoms with Gasteiger partial charge < -0.3 is 10.3 Å². The Balaban J connectivity index is 1.25. The fourth-order valence-corrected chi connectivity index (χ4v) is 4.07. The number of halogens is 1. The SMILES string of the molecule is O=C(Cc1cn(-c2ccccc2)nc1-c1ccc(Cl)cc1)NCCCc1nc2ccccc2[nH]1. The molecule has 0 bridgehead atoms. The summed E-state index contributed by atoms with van der Waals surface area (Å²) in [7, 11) is 0. The number of carbonyl (C=O) groups excluding carboxylic acids is 1. The van der Waals surface area contributed by atoms with Crippen molar-refractivity contribution in [2.45, 2.75) is 19.3 Å². The number of amides is 1. The van der Waals surface area contributed by atoms with Gasteiger partial charge in [0.05, 0.1) is 28.8 Å². The molecule has 2 heterocycles. The maximum atomic E-state index is 12.8. The number of hydrogen-bond donors (Lipinski definition) is 2. The lowest BCUT2D eigenvalue weighted by molar-refractivity contribution is -0.120. The van der Waals surface area contributed by atoms with Gasteiger partial charge in [-0.15, -0.1) is 0 Å². The first kappa shape index (κ1) is 21.9. The number of nitrogens with zero attached hydrogens (tertiary/aromatic N) is 3. The first-order valence-corrected chi connectivity index (χ1v) is 11.6. The highest BCUT2D eigenvalue weighted by molar-refractivity contribution is 6.30. The molecule has 0 radical (unpaired) electrons. The lowest BCUT2D eigenvalue weighted by Crippen LogP contribution is -2.26. The van der Waals surface area contributed by atoms with E-state index in [1.165, 1.54) is 0 Å². The maximum absolute atomic E-state index is 12.8. The number of hydrogen-bond acceptors (Lipinski definition) is 3. The topological polar surface area (TPSA) is 75.6 Å². The van der Waals surface area contributed by atoms with Gasteiger partial charge in [-0.25, -0.2) is 9.67 Å². The second kappa shape index (κ2) is 9.93. The van der Waals surface area contributed by atoms with Crippen molar-refractivity contribution in [3.05, 3.63) is 101 Å². The normalized spacial score (nSPS) is 11.1. The van der Waals surface area contributed by atoms with Crippen LogP contribution in [0.2, 0.25) is 5.02 Å². The number of rotatable bonds is 8. The molecule has 3 aromatic carbocycles. The smallest absolute Gasteiger partial charge is 0.224 e. The minimum Gasteiger partial charge on any atom is -0.356 e. The monoisotopic (exact) mass is 469 g/mol. The van der Waals surface area contributed by atoms with Crippen LogP contribution in [0.4, 0.5) is 0 Å². The molecule has 170 valence electrons. The van der Waals surface area contributed by atoms with Crippen LogP contribution in [0, 0.1) is 0 Å². The second-order valence-electron chi connectivity index (χ2n) is 8.12. The summed E-state index contributed by atoms with van der Waals surface area (Å²) in [6.07, 6.45) is 3.75. The molecule has 0 aliphatic carbocycles. The first-order chi connectivity index (χ1) is 16.7. The van der Waals surface area contributed by atoms with Crippen molar-refractivity contribution in [3.63, 3.8) is 0 Å². The minimum atomic E-state index is -0.0348. The van der Waals surface area contributed by atoms with Crippen molar-refractivity contribution < 1.29 is 4.79 Å². The molecule has 0 aliphatic rings. The summed E-state index contributed by atoms with van der Waals surface area (Å²) in [5.41, 5.74) is 5.50. The molecule has 5 aromatic rings. The van der Waals surface area contributed by atoms with Gasteiger partial charge in [-0.05, 0) is 42.8 Å². The Hall–Kier alpha value is -3.90. The second-order valence-corrected chi connectivity index (χ2v) is 8.56. The third kappa shape index (κ3) is 5.02. The highest BCUT2D eigenvalue weighted by Crippen LogP contribution is 2.25. The van der Waals surface area contributed by atoms with Gasteiger partial charge in [0.1, 0.15) is 5.82 Å². The van der Waals surface area contributed by atoms with Gasteiger partial charge in [0.15, 0.2) is 0 Å². The fourth-order valence-electron chi connectivity index (χ4n) is 3.95. The third-order valence-electron chi connectivity index (χ3n) is 5.63. The van der Waals surface area contributed by atoms with Gasteiger partial charge in [0.25, 0.3) is 0 Å². The lowest BCUT2D eigenvalue weighted by atomic mass is 10.1. The Morgan fingerprint density at radius 2 is 1.74 bits per heavy atom. The maximum Gasteiger partial charge on any atom is 0.224 e. The first-order valence-electron chi connectivity index (χ1n) is 11.3. The molecule has 0 aliphatic heterocycles. The molecule has 2 aromatic heterocycles. The van der Waals surface area contributed by atoms with Crippen LogP contribution in [0.25, 0.3) is 28.0 Å². The number of fused-ring (bicyclic) bond motifs is 1. The van der Waals surface area contributed by atoms with Crippen LogP contribution in [-0.2, 0) is 17.6 Å². The van der Waals surface area contributed by atoms with E-state index in [1.807, 2.05) is 89.7 Å². The van der Waals surface area contributed by atoms with Crippen LogP contribution in [0.5, 0.6) is 0 Å². The summed E-state index contributed by atoms with van der Waals surface area (Å²) >= 11 is 6.07. The van der Waals surface area contributed by atoms with Crippen molar-refractivity contribution in [2.75, 3.05) is 6.54 Å². The Kier molecular flexibility index (Phi) is 6.40. The summed E-state index contributed by atoms with van der Waals surface area (Å²) < 4.78 is 1.81. The van der Waals surface area contributed by atoms with Crippen LogP contribution in [0.1, 0.15) is 17.8 Å². The number of para-hydroxylation sites is 3. The Morgan fingerprint density at radius 3 is 2.53 bits per heavy atom. The zero-order chi connectivity index (χ0) is 23.3. The quantitative estimate of drug-likeness (QED) is 0.300. The molecule has 2 N–H and O–H groups in total. The number of carbonyl (C=O) groups is 1. The van der Waals surface area contributed by atoms with E-state index in [0.717, 1.165) is 52.2 Å². The van der Waals surface area contributed by atoms with Gasteiger partial charge in [-0.2, -0.15) is 5.10 Å². The van der Waals surface area contributed by atoms with E-state index in [4.69, 9.17) is 16.7 Å². The van der Waals surface area contributed by atoms with E-state index in [9.17, 15) is 4.79 Å². The molecule has 0 atom stereocenters. The van der Waals surface area contributed by atoms with Crippen molar-refractivity contribution in [3.8, 4) is 16.9 Å². The van der Waals surface area contributed by atoms with Crippen molar-refractivity contribution in [1.29, 1.82) is 0 Å². The van der Waals surface area contributed by atoms with Crippen molar-refractivity contribution in [1.82, 2.24) is 25.1 Å². The van der Waals surface area contributed by atoms with Gasteiger partial charge in [0.2, 0.25) is 5.91 Å². The molecule has 0 saturated heterocycles. The molecule has 6 nitrogen and oxygen atoms in total. The van der Waals surface area contributed by atoms with Crippen molar-refractivity contribution >= 4 is 28.5 Å². The molecule has 1 amide bonds. The van der Waals surface area contributed by atoms with Crippen LogP contribution >= 0.6 is 11.6 Å². The highest BCUT2D eigenvalue weighted by atomic mass is 35.5. The highest BCUT2D eigenvalue weighted by Gasteiger charge is 2.15. The van der Waals surface area contributed by atoms with Crippen LogP contribution in [0.15, 0.2) is 85.1 Å². The number of aryl methyl sites for hydroxylation is 1. The van der Waals surface area contributed by atoms with Gasteiger partial charge >= 0.3 is 0 Å². The van der Waals surface area contributed by atoms with E-state index in [1.54, 1.807) is 0 Å². The molecular formula is C27H24ClN5O. The van der Waals surface area contributed by atoms with Crippen LogP contribution < -0.4 is 5.32 Å². The molecule has 7 heteroatoms. The predicted molar refractivity (Wildman–Crippen MR) is 135 cm³/mol. The average Bonchev–Trinajstić information content (AvgIpc) is 3.47. The Labute approximate surface area is 202 Å². The average molecular weight is 470 g/mol. The van der Waals surface area contributed by atoms with Crippen LogP contribution in [0.3, 0.4) is 0 Å². The van der Waals surface area contributed by atoms with E-state index in [-0.39, 0.29) is 12.3 Å². The number of nitrogens with one attached hydrogen (secondary N) is 2. The lowest BCUT2D eigenvalue weighted by Gasteiger charge is -2.05. The summed E-state index contributed by atoms with van der Waals surface area (Å²) in [6.45, 7) is 0.582. The van der Waals surface area contributed by atoms with Gasteiger partial charge in [0, 0.05) is 35.3 Å². The zero-order valence-electron chi connectivity index (χ0n) is 18.5. The number of aromatic amines is 1. The fraction of sp³-hybridized carbons (Fsp3) is 0.148. The summed E-state index contributed by atoms with van der Waals surface area (Å²) in [5, 5.41) is 8.47. The zero-order valence-corrected chi connectivity index (χ0v) is 19.3. The molecule has 5 rings (SSSR count). The largest absolute Gasteiger partial charge is 0.356 e. The van der Waals surface area contributed by atoms with Crippen molar-refractivity contribution in [2.24, 2.45) is 0 Å². The number of aromatic nitrogens is 4. The van der Waals surface area contributed by atoms with Gasteiger partial charge in [-0.1, -0.05) is 54.1 Å². The number of benzene rings is 3. The van der Waals surface area contributed by atoms with Gasteiger partial charge in [-0.3, -0.25) is 4.79 Å². The molecule has 34 heavy (non-hydrogen) atoms. The molecule has 0 fully saturated rings. The number of H-pyrrole nitrogens is 1. The van der Waals surface area contributed by atoms with E-state index < -0.39 is 0 Å². The molecule has 0 saturated carbocycles. The predicted octanol–water partition coefficient (Wildman–Crippen LogP) is 5.36. The Bertz CT molecular complexity index is 1370. The summed E-state index contributed by atoms with van der Waals surface area (Å²) in [5.74, 6) is 0.900. The van der Waals surface area contributed by atoms with E-state index in [2.05, 4.69) is 15.3 Å². The summed E-state index contributed by atoms with van der Waals surface area (Å²) in [6, 6.07) is 25.4. The van der Waals surface area contributed by atoms with E-state index in [0.29, 0.717) is 11.6 Å². The minimum absolute atomic E-state index is 0.0348. The summed E-state index contributed by atoms with van der Waals surface area (Å²) in [4.78, 5) is 20.7. The third-order valence-corrected chi connectivity index (χ3v) is 5.88. The molecular weight excluding hydrogens is 446 g/mol. The molecule has 0 spiro atoms. The Morgan fingerprint density at radius 1 is 0.971 bits per heavy atom.